The molecule has 100 valence electrons. The zero-order valence-corrected chi connectivity index (χ0v) is 11.2. The number of anilines is 3. The predicted molar refractivity (Wildman–Crippen MR) is 76.2 cm³/mol. The van der Waals surface area contributed by atoms with Crippen LogP contribution in [0.2, 0.25) is 0 Å². The van der Waals surface area contributed by atoms with Gasteiger partial charge in [0.25, 0.3) is 0 Å². The van der Waals surface area contributed by atoms with Crippen LogP contribution in [-0.4, -0.2) is 19.2 Å². The van der Waals surface area contributed by atoms with Gasteiger partial charge in [0.1, 0.15) is 17.3 Å². The zero-order chi connectivity index (χ0) is 13.8. The van der Waals surface area contributed by atoms with Crippen molar-refractivity contribution in [1.29, 1.82) is 0 Å². The molecule has 2 aromatic rings. The Morgan fingerprint density at radius 1 is 1.05 bits per heavy atom. The Balaban J connectivity index is 2.29. The number of benzene rings is 1. The van der Waals surface area contributed by atoms with Gasteiger partial charge in [-0.05, 0) is 12.5 Å². The van der Waals surface area contributed by atoms with Crippen LogP contribution < -0.4 is 20.5 Å². The number of ether oxygens (including phenoxy) is 2. The highest BCUT2D eigenvalue weighted by Gasteiger charge is 2.04. The molecular weight excluding hydrogens is 242 g/mol. The Labute approximate surface area is 112 Å². The number of aryl methyl sites for hydroxylation is 1. The molecule has 2 rings (SSSR count). The Bertz CT molecular complexity index is 563. The number of nitrogens with two attached hydrogens (primary N) is 1. The number of nitrogen functional groups attached to an aromatic ring is 1. The standard InChI is InChI=1S/C14H17N3O2/c1-9-8-16-14(7-13(9)15)17-10-4-11(18-2)6-12(5-10)19-3/h4-8H,1-3H3,(H3,15,16,17). The second kappa shape index (κ2) is 5.48. The molecular formula is C14H17N3O2. The van der Waals surface area contributed by atoms with Crippen LogP contribution in [0.3, 0.4) is 0 Å². The smallest absolute Gasteiger partial charge is 0.132 e. The summed E-state index contributed by atoms with van der Waals surface area (Å²) in [5.74, 6) is 2.10. The number of rotatable bonds is 4. The average molecular weight is 259 g/mol. The van der Waals surface area contributed by atoms with E-state index in [0.29, 0.717) is 23.0 Å². The van der Waals surface area contributed by atoms with Gasteiger partial charge in [0, 0.05) is 41.8 Å². The maximum atomic E-state index is 5.86. The van der Waals surface area contributed by atoms with E-state index in [4.69, 9.17) is 15.2 Å². The fourth-order valence-electron chi connectivity index (χ4n) is 1.64. The lowest BCUT2D eigenvalue weighted by molar-refractivity contribution is 0.395. The largest absolute Gasteiger partial charge is 0.497 e. The third-order valence-electron chi connectivity index (χ3n) is 2.77. The Morgan fingerprint density at radius 3 is 2.21 bits per heavy atom. The van der Waals surface area contributed by atoms with Gasteiger partial charge in [0.05, 0.1) is 14.2 Å². The number of hydrogen-bond donors (Lipinski definition) is 2. The van der Waals surface area contributed by atoms with Gasteiger partial charge in [-0.1, -0.05) is 0 Å². The third kappa shape index (κ3) is 3.07. The van der Waals surface area contributed by atoms with Crippen LogP contribution in [0.5, 0.6) is 11.5 Å². The minimum Gasteiger partial charge on any atom is -0.497 e. The number of hydrogen-bond acceptors (Lipinski definition) is 5. The average Bonchev–Trinajstić information content (AvgIpc) is 2.42. The number of nitrogens with one attached hydrogen (secondary N) is 1. The molecule has 0 saturated heterocycles. The molecule has 0 amide bonds. The van der Waals surface area contributed by atoms with Gasteiger partial charge in [0.2, 0.25) is 0 Å². The fourth-order valence-corrected chi connectivity index (χ4v) is 1.64. The second-order valence-corrected chi connectivity index (χ2v) is 4.15. The zero-order valence-electron chi connectivity index (χ0n) is 11.2. The molecule has 5 nitrogen and oxygen atoms in total. The highest BCUT2D eigenvalue weighted by molar-refractivity contribution is 5.64. The van der Waals surface area contributed by atoms with Gasteiger partial charge in [-0.25, -0.2) is 4.98 Å². The first-order valence-corrected chi connectivity index (χ1v) is 5.84. The maximum absolute atomic E-state index is 5.86. The SMILES string of the molecule is COc1cc(Nc2cc(N)c(C)cn2)cc(OC)c1. The van der Waals surface area contributed by atoms with E-state index in [1.165, 1.54) is 0 Å². The lowest BCUT2D eigenvalue weighted by atomic mass is 10.2. The minimum absolute atomic E-state index is 0.679. The summed E-state index contributed by atoms with van der Waals surface area (Å²) in [4.78, 5) is 4.27. The van der Waals surface area contributed by atoms with Crippen molar-refractivity contribution < 1.29 is 9.47 Å². The third-order valence-corrected chi connectivity index (χ3v) is 2.77. The molecule has 0 saturated carbocycles. The van der Waals surface area contributed by atoms with Gasteiger partial charge in [-0.2, -0.15) is 0 Å². The molecule has 0 radical (unpaired) electrons. The molecule has 5 heteroatoms. The van der Waals surface area contributed by atoms with Crippen molar-refractivity contribution in [3.63, 3.8) is 0 Å². The molecule has 1 aromatic heterocycles. The topological polar surface area (TPSA) is 69.4 Å². The first-order chi connectivity index (χ1) is 9.12. The van der Waals surface area contributed by atoms with Gasteiger partial charge in [0.15, 0.2) is 0 Å². The van der Waals surface area contributed by atoms with Crippen molar-refractivity contribution in [3.8, 4) is 11.5 Å². The maximum Gasteiger partial charge on any atom is 0.132 e. The molecule has 0 bridgehead atoms. The number of pyridine rings is 1. The van der Waals surface area contributed by atoms with Crippen molar-refractivity contribution >= 4 is 17.2 Å². The van der Waals surface area contributed by atoms with Gasteiger partial charge >= 0.3 is 0 Å². The van der Waals surface area contributed by atoms with Crippen LogP contribution >= 0.6 is 0 Å². The Morgan fingerprint density at radius 2 is 1.68 bits per heavy atom. The number of aromatic nitrogens is 1. The number of methoxy groups -OCH3 is 2. The molecule has 1 heterocycles. The van der Waals surface area contributed by atoms with Crippen LogP contribution in [0.4, 0.5) is 17.2 Å². The van der Waals surface area contributed by atoms with Crippen molar-refractivity contribution in [3.05, 3.63) is 36.0 Å². The molecule has 0 atom stereocenters. The summed E-state index contributed by atoms with van der Waals surface area (Å²) < 4.78 is 10.4. The van der Waals surface area contributed by atoms with Gasteiger partial charge in [-0.3, -0.25) is 0 Å². The van der Waals surface area contributed by atoms with Crippen molar-refractivity contribution in [2.45, 2.75) is 6.92 Å². The molecule has 0 unspecified atom stereocenters. The summed E-state index contributed by atoms with van der Waals surface area (Å²) >= 11 is 0. The molecule has 3 N–H and O–H groups in total. The van der Waals surface area contributed by atoms with E-state index < -0.39 is 0 Å². The molecule has 0 aliphatic heterocycles. The number of nitrogens with zero attached hydrogens (tertiary/aromatic N) is 1. The predicted octanol–water partition coefficient (Wildman–Crippen LogP) is 2.73. The Hall–Kier alpha value is -2.43. The van der Waals surface area contributed by atoms with Crippen molar-refractivity contribution in [2.75, 3.05) is 25.3 Å². The second-order valence-electron chi connectivity index (χ2n) is 4.15. The fraction of sp³-hybridized carbons (Fsp3) is 0.214. The summed E-state index contributed by atoms with van der Waals surface area (Å²) in [6.45, 7) is 1.92. The summed E-state index contributed by atoms with van der Waals surface area (Å²) in [5, 5.41) is 3.17. The van der Waals surface area contributed by atoms with Crippen molar-refractivity contribution in [2.24, 2.45) is 0 Å². The molecule has 1 aromatic carbocycles. The van der Waals surface area contributed by atoms with Gasteiger partial charge in [-0.15, -0.1) is 0 Å². The molecule has 0 aliphatic rings. The van der Waals surface area contributed by atoms with Crippen molar-refractivity contribution in [1.82, 2.24) is 4.98 Å². The van der Waals surface area contributed by atoms with E-state index in [2.05, 4.69) is 10.3 Å². The van der Waals surface area contributed by atoms with Crippen LogP contribution in [-0.2, 0) is 0 Å². The first kappa shape index (κ1) is 13.0. The van der Waals surface area contributed by atoms with E-state index in [0.717, 1.165) is 11.3 Å². The van der Waals surface area contributed by atoms with Crippen LogP contribution in [0, 0.1) is 6.92 Å². The Kier molecular flexibility index (Phi) is 3.75. The van der Waals surface area contributed by atoms with Crippen LogP contribution in [0.1, 0.15) is 5.56 Å². The lowest BCUT2D eigenvalue weighted by Crippen LogP contribution is -1.98. The van der Waals surface area contributed by atoms with E-state index in [-0.39, 0.29) is 0 Å². The molecule has 19 heavy (non-hydrogen) atoms. The van der Waals surface area contributed by atoms with Crippen LogP contribution in [0.25, 0.3) is 0 Å². The highest BCUT2D eigenvalue weighted by atomic mass is 16.5. The molecule has 0 fully saturated rings. The van der Waals surface area contributed by atoms with E-state index in [1.807, 2.05) is 25.1 Å². The summed E-state index contributed by atoms with van der Waals surface area (Å²) in [5.41, 5.74) is 8.34. The van der Waals surface area contributed by atoms with E-state index >= 15 is 0 Å². The van der Waals surface area contributed by atoms with E-state index in [9.17, 15) is 0 Å². The first-order valence-electron chi connectivity index (χ1n) is 5.84. The summed E-state index contributed by atoms with van der Waals surface area (Å²) in [7, 11) is 3.22. The quantitative estimate of drug-likeness (QED) is 0.883. The van der Waals surface area contributed by atoms with Gasteiger partial charge < -0.3 is 20.5 Å². The highest BCUT2D eigenvalue weighted by Crippen LogP contribution is 2.28. The lowest BCUT2D eigenvalue weighted by Gasteiger charge is -2.11. The molecule has 0 aliphatic carbocycles. The molecule has 0 spiro atoms. The van der Waals surface area contributed by atoms with E-state index in [1.54, 1.807) is 26.5 Å². The monoisotopic (exact) mass is 259 g/mol. The normalized spacial score (nSPS) is 10.1. The minimum atomic E-state index is 0.679. The van der Waals surface area contributed by atoms with Crippen LogP contribution in [0.15, 0.2) is 30.5 Å². The summed E-state index contributed by atoms with van der Waals surface area (Å²) in [6.07, 6.45) is 1.73. The summed E-state index contributed by atoms with van der Waals surface area (Å²) in [6, 6.07) is 7.32.